The van der Waals surface area contributed by atoms with E-state index < -0.39 is 19.1 Å². The van der Waals surface area contributed by atoms with E-state index in [1.807, 2.05) is 6.92 Å². The molecule has 1 aromatic carbocycles. The van der Waals surface area contributed by atoms with Gasteiger partial charge in [-0.1, -0.05) is 6.07 Å². The van der Waals surface area contributed by atoms with Crippen LogP contribution in [0.5, 0.6) is 11.5 Å². The third kappa shape index (κ3) is 5.36. The molecule has 0 aliphatic carbocycles. The van der Waals surface area contributed by atoms with Crippen LogP contribution in [0.1, 0.15) is 5.56 Å². The van der Waals surface area contributed by atoms with Crippen molar-refractivity contribution in [1.29, 1.82) is 0 Å². The number of methoxy groups -OCH3 is 1. The minimum absolute atomic E-state index is 0. The molecule has 18 heavy (non-hydrogen) atoms. The molecule has 1 rings (SSSR count). The van der Waals surface area contributed by atoms with E-state index >= 15 is 0 Å². The third-order valence-electron chi connectivity index (χ3n) is 2.20. The maximum Gasteiger partial charge on any atom is 1.00 e. The second-order valence-corrected chi connectivity index (χ2v) is 3.68. The topological polar surface area (TPSA) is 18.5 Å². The SMILES string of the molecule is C=C(COc1ccc(C)cc1OC)[B-](F)(F)F.[K+]. The van der Waals surface area contributed by atoms with E-state index in [1.54, 1.807) is 18.2 Å². The summed E-state index contributed by atoms with van der Waals surface area (Å²) < 4.78 is 46.8. The van der Waals surface area contributed by atoms with Gasteiger partial charge in [0.1, 0.15) is 0 Å². The Bertz CT molecular complexity index is 421. The van der Waals surface area contributed by atoms with Crippen molar-refractivity contribution in [3.05, 3.63) is 35.8 Å². The van der Waals surface area contributed by atoms with Gasteiger partial charge in [0, 0.05) is 0 Å². The molecular weight excluding hydrogens is 271 g/mol. The molecule has 0 aromatic heterocycles. The monoisotopic (exact) mass is 284 g/mol. The van der Waals surface area contributed by atoms with E-state index in [0.29, 0.717) is 5.75 Å². The zero-order valence-electron chi connectivity index (χ0n) is 10.7. The van der Waals surface area contributed by atoms with Crippen LogP contribution in [0.15, 0.2) is 30.3 Å². The molecule has 2 nitrogen and oxygen atoms in total. The largest absolute Gasteiger partial charge is 1.00 e. The fourth-order valence-corrected chi connectivity index (χ4v) is 1.16. The summed E-state index contributed by atoms with van der Waals surface area (Å²) in [4.78, 5) is 0. The minimum Gasteiger partial charge on any atom is -0.493 e. The Kier molecular flexibility index (Phi) is 7.62. The van der Waals surface area contributed by atoms with Crippen LogP contribution in [-0.4, -0.2) is 20.7 Å². The van der Waals surface area contributed by atoms with E-state index in [9.17, 15) is 12.9 Å². The molecule has 0 N–H and O–H groups in total. The van der Waals surface area contributed by atoms with Crippen molar-refractivity contribution >= 4 is 6.98 Å². The maximum absolute atomic E-state index is 12.3. The van der Waals surface area contributed by atoms with Crippen molar-refractivity contribution in [2.45, 2.75) is 6.92 Å². The molecule has 1 aromatic rings. The summed E-state index contributed by atoms with van der Waals surface area (Å²) in [7, 11) is 1.43. The van der Waals surface area contributed by atoms with Gasteiger partial charge in [0.15, 0.2) is 11.5 Å². The first-order valence-electron chi connectivity index (χ1n) is 4.99. The van der Waals surface area contributed by atoms with Crippen LogP contribution in [0.2, 0.25) is 0 Å². The predicted molar refractivity (Wildman–Crippen MR) is 61.4 cm³/mol. The number of hydrogen-bond donors (Lipinski definition) is 0. The van der Waals surface area contributed by atoms with Gasteiger partial charge in [0.25, 0.3) is 0 Å². The molecular formula is C11H13BF3KO2. The normalized spacial score (nSPS) is 10.5. The Morgan fingerprint density at radius 3 is 2.39 bits per heavy atom. The molecule has 0 unspecified atom stereocenters. The molecule has 0 spiro atoms. The fourth-order valence-electron chi connectivity index (χ4n) is 1.16. The molecule has 0 heterocycles. The summed E-state index contributed by atoms with van der Waals surface area (Å²) in [6.07, 6.45) is 0. The van der Waals surface area contributed by atoms with Crippen LogP contribution < -0.4 is 60.9 Å². The van der Waals surface area contributed by atoms with E-state index in [4.69, 9.17) is 9.47 Å². The van der Waals surface area contributed by atoms with Crippen LogP contribution in [0.25, 0.3) is 0 Å². The Morgan fingerprint density at radius 2 is 1.89 bits per heavy atom. The molecule has 0 atom stereocenters. The van der Waals surface area contributed by atoms with Crippen LogP contribution in [0, 0.1) is 6.92 Å². The van der Waals surface area contributed by atoms with Gasteiger partial charge in [0.05, 0.1) is 13.7 Å². The number of hydrogen-bond acceptors (Lipinski definition) is 2. The second kappa shape index (κ2) is 7.59. The quantitative estimate of drug-likeness (QED) is 0.726. The first kappa shape index (κ1) is 18.1. The van der Waals surface area contributed by atoms with Gasteiger partial charge in [0.2, 0.25) is 0 Å². The smallest absolute Gasteiger partial charge is 0.493 e. The molecule has 0 fully saturated rings. The first-order valence-corrected chi connectivity index (χ1v) is 4.99. The van der Waals surface area contributed by atoms with E-state index in [-0.39, 0.29) is 57.1 Å². The van der Waals surface area contributed by atoms with Crippen molar-refractivity contribution in [2.75, 3.05) is 13.7 Å². The van der Waals surface area contributed by atoms with Gasteiger partial charge in [-0.05, 0) is 24.6 Å². The zero-order valence-corrected chi connectivity index (χ0v) is 13.8. The molecule has 0 radical (unpaired) electrons. The first-order chi connectivity index (χ1) is 7.84. The number of halogens is 3. The van der Waals surface area contributed by atoms with Crippen LogP contribution >= 0.6 is 0 Å². The zero-order chi connectivity index (χ0) is 13.1. The van der Waals surface area contributed by atoms with E-state index in [0.717, 1.165) is 5.56 Å². The average Bonchev–Trinajstić information content (AvgIpc) is 2.25. The van der Waals surface area contributed by atoms with Crippen molar-refractivity contribution in [3.63, 3.8) is 0 Å². The van der Waals surface area contributed by atoms with E-state index in [1.165, 1.54) is 7.11 Å². The Labute approximate surface area is 147 Å². The Hall–Kier alpha value is 0.0513. The second-order valence-electron chi connectivity index (χ2n) is 3.68. The molecule has 0 aliphatic rings. The predicted octanol–water partition coefficient (Wildman–Crippen LogP) is 0.329. The number of rotatable bonds is 5. The van der Waals surface area contributed by atoms with Gasteiger partial charge in [-0.25, -0.2) is 0 Å². The molecule has 0 aliphatic heterocycles. The summed E-state index contributed by atoms with van der Waals surface area (Å²) in [5, 5.41) is 0. The molecule has 7 heteroatoms. The minimum atomic E-state index is -5.05. The van der Waals surface area contributed by atoms with Crippen molar-refractivity contribution in [1.82, 2.24) is 0 Å². The number of benzene rings is 1. The maximum atomic E-state index is 12.3. The Morgan fingerprint density at radius 1 is 1.28 bits per heavy atom. The van der Waals surface area contributed by atoms with Crippen LogP contribution in [0.3, 0.4) is 0 Å². The summed E-state index contributed by atoms with van der Waals surface area (Å²) in [6.45, 7) is -0.832. The molecule has 0 amide bonds. The summed E-state index contributed by atoms with van der Waals surface area (Å²) >= 11 is 0. The Balaban J connectivity index is 0.00000289. The average molecular weight is 284 g/mol. The van der Waals surface area contributed by atoms with Gasteiger partial charge in [-0.15, -0.1) is 12.1 Å². The van der Waals surface area contributed by atoms with E-state index in [2.05, 4.69) is 6.58 Å². The summed E-state index contributed by atoms with van der Waals surface area (Å²) in [5.74, 6) is 0.687. The molecule has 0 saturated carbocycles. The van der Waals surface area contributed by atoms with Crippen LogP contribution in [-0.2, 0) is 0 Å². The van der Waals surface area contributed by atoms with Gasteiger partial charge in [-0.2, -0.15) is 0 Å². The van der Waals surface area contributed by atoms with Crippen molar-refractivity contribution < 1.29 is 73.8 Å². The fraction of sp³-hybridized carbons (Fsp3) is 0.273. The van der Waals surface area contributed by atoms with Gasteiger partial charge >= 0.3 is 58.4 Å². The summed E-state index contributed by atoms with van der Waals surface area (Å²) in [5.41, 5.74) is 0.0701. The standard InChI is InChI=1S/C11H13BF3O2.K/c1-8-4-5-10(11(6-8)16-3)17-7-9(2)12(13,14)15;/h4-6H,2,7H2,1,3H3;/q-1;+1. The van der Waals surface area contributed by atoms with Gasteiger partial charge < -0.3 is 22.4 Å². The molecule has 0 bridgehead atoms. The molecule has 94 valence electrons. The van der Waals surface area contributed by atoms with Gasteiger partial charge in [-0.3, -0.25) is 0 Å². The summed E-state index contributed by atoms with van der Waals surface area (Å²) in [6, 6.07) is 5.00. The third-order valence-corrected chi connectivity index (χ3v) is 2.20. The molecule has 0 saturated heterocycles. The van der Waals surface area contributed by atoms with Crippen LogP contribution in [0.4, 0.5) is 12.9 Å². The van der Waals surface area contributed by atoms with Crippen molar-refractivity contribution in [2.24, 2.45) is 0 Å². The number of ether oxygens (including phenoxy) is 2. The van der Waals surface area contributed by atoms with Crippen molar-refractivity contribution in [3.8, 4) is 11.5 Å². The number of aryl methyl sites for hydroxylation is 1.